The van der Waals surface area contributed by atoms with E-state index in [1.807, 2.05) is 18.2 Å². The van der Waals surface area contributed by atoms with Crippen LogP contribution in [0.1, 0.15) is 32.3 Å². The van der Waals surface area contributed by atoms with Crippen LogP contribution in [0.3, 0.4) is 0 Å². The number of rotatable bonds is 5. The van der Waals surface area contributed by atoms with Crippen molar-refractivity contribution in [2.45, 2.75) is 44.9 Å². The number of nitrogens with zero attached hydrogens (tertiary/aromatic N) is 1. The van der Waals surface area contributed by atoms with E-state index in [-0.39, 0.29) is 10.7 Å². The van der Waals surface area contributed by atoms with Crippen LogP contribution < -0.4 is 0 Å². The van der Waals surface area contributed by atoms with Gasteiger partial charge in [-0.15, -0.1) is 0 Å². The van der Waals surface area contributed by atoms with E-state index in [9.17, 15) is 4.79 Å². The molecule has 1 aromatic rings. The molecule has 0 aromatic heterocycles. The standard InChI is InChI=1S/C19H25NO2S/c1-19(2,12-11-18(21)23-3)20-13-7-10-17(20)15-22-14-16-8-5-4-6-9-16/h4-6,8-9,17H,7,10,13-15H2,1-3H3. The summed E-state index contributed by atoms with van der Waals surface area (Å²) >= 11 is 1.16. The van der Waals surface area contributed by atoms with Crippen LogP contribution in [-0.2, 0) is 16.1 Å². The maximum atomic E-state index is 11.4. The zero-order chi connectivity index (χ0) is 16.7. The molecule has 1 heterocycles. The molecule has 0 amide bonds. The Kier molecular flexibility index (Phi) is 6.71. The van der Waals surface area contributed by atoms with Gasteiger partial charge in [-0.2, -0.15) is 0 Å². The van der Waals surface area contributed by atoms with Crippen molar-refractivity contribution in [2.75, 3.05) is 19.4 Å². The van der Waals surface area contributed by atoms with E-state index in [0.29, 0.717) is 19.3 Å². The summed E-state index contributed by atoms with van der Waals surface area (Å²) in [4.78, 5) is 13.8. The fourth-order valence-corrected chi connectivity index (χ4v) is 3.11. The van der Waals surface area contributed by atoms with Crippen LogP contribution in [0.5, 0.6) is 0 Å². The van der Waals surface area contributed by atoms with Crippen molar-refractivity contribution >= 4 is 16.9 Å². The molecule has 1 aliphatic heterocycles. The van der Waals surface area contributed by atoms with Crippen molar-refractivity contribution in [3.8, 4) is 11.8 Å². The molecule has 0 radical (unpaired) electrons. The second-order valence-corrected chi connectivity index (χ2v) is 7.07. The van der Waals surface area contributed by atoms with Gasteiger partial charge in [-0.1, -0.05) is 48.0 Å². The number of ether oxygens (including phenoxy) is 1. The summed E-state index contributed by atoms with van der Waals surface area (Å²) in [6.07, 6.45) is 4.04. The van der Waals surface area contributed by atoms with Gasteiger partial charge in [0.2, 0.25) is 0 Å². The van der Waals surface area contributed by atoms with E-state index < -0.39 is 0 Å². The molecule has 1 fully saturated rings. The monoisotopic (exact) mass is 331 g/mol. The number of likely N-dealkylation sites (tertiary alicyclic amines) is 1. The minimum Gasteiger partial charge on any atom is -0.375 e. The molecule has 124 valence electrons. The molecule has 0 saturated carbocycles. The van der Waals surface area contributed by atoms with Crippen molar-refractivity contribution in [1.29, 1.82) is 0 Å². The zero-order valence-corrected chi connectivity index (χ0v) is 15.0. The highest BCUT2D eigenvalue weighted by Crippen LogP contribution is 2.26. The quantitative estimate of drug-likeness (QED) is 0.774. The second kappa shape index (κ2) is 8.54. The molecule has 1 saturated heterocycles. The van der Waals surface area contributed by atoms with Gasteiger partial charge in [0.25, 0.3) is 5.12 Å². The second-order valence-electron chi connectivity index (χ2n) is 6.29. The fraction of sp³-hybridized carbons (Fsp3) is 0.526. The summed E-state index contributed by atoms with van der Waals surface area (Å²) in [5, 5.41) is -0.0749. The number of carbonyl (C=O) groups excluding carboxylic acids is 1. The lowest BCUT2D eigenvalue weighted by molar-refractivity contribution is -0.106. The van der Waals surface area contributed by atoms with Crippen molar-refractivity contribution in [3.05, 3.63) is 35.9 Å². The number of carbonyl (C=O) groups is 1. The lowest BCUT2D eigenvalue weighted by atomic mass is 10.0. The number of hydrogen-bond donors (Lipinski definition) is 0. The molecule has 23 heavy (non-hydrogen) atoms. The molecule has 0 spiro atoms. The molecule has 4 heteroatoms. The van der Waals surface area contributed by atoms with Gasteiger partial charge < -0.3 is 4.74 Å². The minimum absolute atomic E-state index is 0.0749. The predicted molar refractivity (Wildman–Crippen MR) is 96.2 cm³/mol. The van der Waals surface area contributed by atoms with Gasteiger partial charge in [0.05, 0.1) is 18.8 Å². The first-order valence-corrected chi connectivity index (χ1v) is 9.25. The van der Waals surface area contributed by atoms with Gasteiger partial charge in [-0.25, -0.2) is 0 Å². The summed E-state index contributed by atoms with van der Waals surface area (Å²) in [5.74, 6) is 5.88. The SMILES string of the molecule is CSC(=O)C#CC(C)(C)N1CCCC1COCc1ccccc1. The van der Waals surface area contributed by atoms with Crippen molar-refractivity contribution in [1.82, 2.24) is 4.90 Å². The molecule has 1 unspecified atom stereocenters. The Morgan fingerprint density at radius 1 is 1.39 bits per heavy atom. The van der Waals surface area contributed by atoms with E-state index in [2.05, 4.69) is 42.7 Å². The van der Waals surface area contributed by atoms with E-state index >= 15 is 0 Å². The molecular formula is C19H25NO2S. The van der Waals surface area contributed by atoms with Gasteiger partial charge in [0, 0.05) is 12.6 Å². The largest absolute Gasteiger partial charge is 0.375 e. The van der Waals surface area contributed by atoms with Crippen molar-refractivity contribution in [2.24, 2.45) is 0 Å². The van der Waals surface area contributed by atoms with Crippen molar-refractivity contribution in [3.63, 3.8) is 0 Å². The highest BCUT2D eigenvalue weighted by atomic mass is 32.2. The summed E-state index contributed by atoms with van der Waals surface area (Å²) in [6, 6.07) is 10.6. The first-order valence-electron chi connectivity index (χ1n) is 8.02. The third kappa shape index (κ3) is 5.39. The predicted octanol–water partition coefficient (Wildman–Crippen LogP) is 3.34. The average Bonchev–Trinajstić information content (AvgIpc) is 3.03. The number of hydrogen-bond acceptors (Lipinski definition) is 4. The smallest absolute Gasteiger partial charge is 0.262 e. The average molecular weight is 331 g/mol. The first kappa shape index (κ1) is 18.1. The van der Waals surface area contributed by atoms with Crippen LogP contribution in [0.25, 0.3) is 0 Å². The first-order chi connectivity index (χ1) is 11.0. The highest BCUT2D eigenvalue weighted by molar-refractivity contribution is 8.13. The summed E-state index contributed by atoms with van der Waals surface area (Å²) in [5.41, 5.74) is 0.893. The van der Waals surface area contributed by atoms with Crippen LogP contribution >= 0.6 is 11.8 Å². The van der Waals surface area contributed by atoms with Crippen LogP contribution in [0, 0.1) is 11.8 Å². The molecule has 1 aliphatic rings. The Bertz CT molecular complexity index is 574. The van der Waals surface area contributed by atoms with Gasteiger partial charge in [0.15, 0.2) is 0 Å². The number of thioether (sulfide) groups is 1. The molecule has 2 rings (SSSR count). The highest BCUT2D eigenvalue weighted by Gasteiger charge is 2.35. The minimum atomic E-state index is -0.303. The molecule has 1 aromatic carbocycles. The maximum Gasteiger partial charge on any atom is 0.262 e. The Labute approximate surface area is 143 Å². The van der Waals surface area contributed by atoms with Crippen LogP contribution in [0.2, 0.25) is 0 Å². The lowest BCUT2D eigenvalue weighted by Gasteiger charge is -2.35. The van der Waals surface area contributed by atoms with E-state index in [4.69, 9.17) is 4.74 Å². The normalized spacial score (nSPS) is 18.5. The molecule has 3 nitrogen and oxygen atoms in total. The molecule has 1 atom stereocenters. The third-order valence-electron chi connectivity index (χ3n) is 4.17. The molecule has 0 N–H and O–H groups in total. The fourth-order valence-electron chi connectivity index (χ4n) is 2.96. The van der Waals surface area contributed by atoms with Crippen LogP contribution in [0.15, 0.2) is 30.3 Å². The lowest BCUT2D eigenvalue weighted by Crippen LogP contribution is -2.47. The zero-order valence-electron chi connectivity index (χ0n) is 14.2. The van der Waals surface area contributed by atoms with E-state index in [1.54, 1.807) is 6.26 Å². The van der Waals surface area contributed by atoms with Gasteiger partial charge in [-0.05, 0) is 44.4 Å². The Morgan fingerprint density at radius 3 is 2.83 bits per heavy atom. The number of benzene rings is 1. The molecule has 0 bridgehead atoms. The third-order valence-corrected chi connectivity index (χ3v) is 4.65. The Hall–Kier alpha value is -1.28. The summed E-state index contributed by atoms with van der Waals surface area (Å²) in [6.45, 7) is 6.53. The van der Waals surface area contributed by atoms with E-state index in [0.717, 1.165) is 31.1 Å². The maximum absolute atomic E-state index is 11.4. The Morgan fingerprint density at radius 2 is 2.13 bits per heavy atom. The summed E-state index contributed by atoms with van der Waals surface area (Å²) in [7, 11) is 0. The van der Waals surface area contributed by atoms with Gasteiger partial charge in [-0.3, -0.25) is 9.69 Å². The topological polar surface area (TPSA) is 29.5 Å². The van der Waals surface area contributed by atoms with E-state index in [1.165, 1.54) is 5.56 Å². The summed E-state index contributed by atoms with van der Waals surface area (Å²) < 4.78 is 5.91. The van der Waals surface area contributed by atoms with Crippen LogP contribution in [0.4, 0.5) is 0 Å². The Balaban J connectivity index is 1.91. The van der Waals surface area contributed by atoms with Gasteiger partial charge in [0.1, 0.15) is 0 Å². The molecular weight excluding hydrogens is 306 g/mol. The molecule has 0 aliphatic carbocycles. The van der Waals surface area contributed by atoms with Gasteiger partial charge >= 0.3 is 0 Å². The van der Waals surface area contributed by atoms with Crippen molar-refractivity contribution < 1.29 is 9.53 Å². The van der Waals surface area contributed by atoms with Crippen LogP contribution in [-0.4, -0.2) is 41.0 Å².